The molecule has 5 amide bonds. The Morgan fingerprint density at radius 1 is 1.19 bits per heavy atom. The lowest BCUT2D eigenvalue weighted by molar-refractivity contribution is -0.139. The molecule has 2 aliphatic heterocycles. The highest BCUT2D eigenvalue weighted by molar-refractivity contribution is 6.38. The number of ether oxygens (including phenoxy) is 1. The molecule has 194 valence electrons. The fourth-order valence-corrected chi connectivity index (χ4v) is 4.50. The summed E-state index contributed by atoms with van der Waals surface area (Å²) < 4.78 is 5.26. The van der Waals surface area contributed by atoms with Crippen molar-refractivity contribution in [1.29, 1.82) is 0 Å². The highest BCUT2D eigenvalue weighted by Gasteiger charge is 2.37. The van der Waals surface area contributed by atoms with Gasteiger partial charge in [0.2, 0.25) is 11.7 Å². The van der Waals surface area contributed by atoms with Gasteiger partial charge in [-0.1, -0.05) is 11.6 Å². The van der Waals surface area contributed by atoms with E-state index in [9.17, 15) is 24.0 Å². The molecule has 3 atom stereocenters. The number of benzene rings is 1. The first-order valence-electron chi connectivity index (χ1n) is 12.1. The number of anilines is 1. The Labute approximate surface area is 213 Å². The number of Topliss-reactive ketones (excluding diaryl/α,β-unsaturated/α-hetero) is 1. The van der Waals surface area contributed by atoms with Gasteiger partial charge >= 0.3 is 6.03 Å². The van der Waals surface area contributed by atoms with E-state index in [-0.39, 0.29) is 40.7 Å². The molecule has 0 bridgehead atoms. The smallest absolute Gasteiger partial charge is 0.322 e. The highest BCUT2D eigenvalue weighted by atomic mass is 35.5. The van der Waals surface area contributed by atoms with Gasteiger partial charge in [0.25, 0.3) is 11.8 Å². The topological polar surface area (TPSA) is 146 Å². The monoisotopic (exact) mass is 519 g/mol. The summed E-state index contributed by atoms with van der Waals surface area (Å²) in [5.41, 5.74) is 0.239. The fourth-order valence-electron chi connectivity index (χ4n) is 4.33. The lowest BCUT2D eigenvalue weighted by Crippen LogP contribution is -2.49. The first kappa shape index (κ1) is 25.9. The van der Waals surface area contributed by atoms with Crippen molar-refractivity contribution in [3.8, 4) is 0 Å². The predicted molar refractivity (Wildman–Crippen MR) is 131 cm³/mol. The van der Waals surface area contributed by atoms with Crippen molar-refractivity contribution < 1.29 is 28.7 Å². The van der Waals surface area contributed by atoms with E-state index in [2.05, 4.69) is 21.3 Å². The number of carbonyl (C=O) groups is 5. The summed E-state index contributed by atoms with van der Waals surface area (Å²) >= 11 is 6.13. The molecule has 2 heterocycles. The molecule has 1 aromatic rings. The first-order chi connectivity index (χ1) is 17.2. The molecule has 1 saturated carbocycles. The molecule has 4 N–H and O–H groups in total. The molecular weight excluding hydrogens is 490 g/mol. The van der Waals surface area contributed by atoms with E-state index in [1.54, 1.807) is 4.90 Å². The van der Waals surface area contributed by atoms with E-state index < -0.39 is 35.6 Å². The average molecular weight is 520 g/mol. The van der Waals surface area contributed by atoms with Crippen LogP contribution in [0.1, 0.15) is 43.0 Å². The zero-order valence-electron chi connectivity index (χ0n) is 20.0. The number of hydrogen-bond acceptors (Lipinski definition) is 6. The van der Waals surface area contributed by atoms with Gasteiger partial charge < -0.3 is 30.9 Å². The fraction of sp³-hybridized carbons (Fsp3) is 0.542. The summed E-state index contributed by atoms with van der Waals surface area (Å²) in [6.07, 6.45) is 2.07. The largest absolute Gasteiger partial charge is 0.378 e. The molecule has 1 aliphatic carbocycles. The molecule has 11 nitrogen and oxygen atoms in total. The third-order valence-corrected chi connectivity index (χ3v) is 6.68. The molecular formula is C24H30ClN5O6. The van der Waals surface area contributed by atoms with Gasteiger partial charge in [-0.05, 0) is 50.8 Å². The number of nitrogens with one attached hydrogen (secondary N) is 4. The maximum absolute atomic E-state index is 13.3. The molecule has 0 radical (unpaired) electrons. The van der Waals surface area contributed by atoms with Crippen molar-refractivity contribution in [1.82, 2.24) is 20.9 Å². The number of urea groups is 1. The van der Waals surface area contributed by atoms with Crippen LogP contribution in [0.5, 0.6) is 0 Å². The average Bonchev–Trinajstić information content (AvgIpc) is 3.61. The number of ketones is 1. The summed E-state index contributed by atoms with van der Waals surface area (Å²) in [6.45, 7) is 3.51. The maximum atomic E-state index is 13.3. The molecule has 0 aromatic heterocycles. The summed E-state index contributed by atoms with van der Waals surface area (Å²) in [6, 6.07) is 2.68. The minimum absolute atomic E-state index is 0.0190. The molecule has 1 aromatic carbocycles. The van der Waals surface area contributed by atoms with Crippen LogP contribution in [-0.2, 0) is 19.1 Å². The minimum atomic E-state index is -1.22. The van der Waals surface area contributed by atoms with E-state index >= 15 is 0 Å². The number of halogens is 1. The van der Waals surface area contributed by atoms with Crippen LogP contribution in [0.4, 0.5) is 10.5 Å². The number of nitrogens with zero attached hydrogens (tertiary/aromatic N) is 1. The van der Waals surface area contributed by atoms with Gasteiger partial charge in [-0.25, -0.2) is 4.79 Å². The Hall–Kier alpha value is -3.18. The van der Waals surface area contributed by atoms with Gasteiger partial charge in [-0.2, -0.15) is 0 Å². The molecule has 0 spiro atoms. The van der Waals surface area contributed by atoms with Gasteiger partial charge in [0.15, 0.2) is 0 Å². The third kappa shape index (κ3) is 6.52. The van der Waals surface area contributed by atoms with E-state index in [1.165, 1.54) is 18.2 Å². The van der Waals surface area contributed by atoms with Crippen LogP contribution in [0.25, 0.3) is 0 Å². The van der Waals surface area contributed by atoms with Crippen LogP contribution in [0.3, 0.4) is 0 Å². The minimum Gasteiger partial charge on any atom is -0.378 e. The van der Waals surface area contributed by atoms with Gasteiger partial charge in [0, 0.05) is 36.1 Å². The summed E-state index contributed by atoms with van der Waals surface area (Å²) in [4.78, 5) is 65.4. The van der Waals surface area contributed by atoms with E-state index in [0.717, 1.165) is 12.8 Å². The number of rotatable bonds is 8. The summed E-state index contributed by atoms with van der Waals surface area (Å²) in [5, 5.41) is 11.0. The molecule has 12 heteroatoms. The van der Waals surface area contributed by atoms with Crippen molar-refractivity contribution >= 4 is 46.8 Å². The Kier molecular flexibility index (Phi) is 8.10. The lowest BCUT2D eigenvalue weighted by Gasteiger charge is -2.27. The third-order valence-electron chi connectivity index (χ3n) is 6.44. The van der Waals surface area contributed by atoms with Crippen LogP contribution in [0, 0.1) is 5.92 Å². The van der Waals surface area contributed by atoms with Crippen molar-refractivity contribution in [2.75, 3.05) is 31.6 Å². The number of hydrogen-bond donors (Lipinski definition) is 4. The molecule has 4 rings (SSSR count). The zero-order valence-corrected chi connectivity index (χ0v) is 20.7. The Bertz CT molecular complexity index is 1060. The van der Waals surface area contributed by atoms with Crippen LogP contribution in [0.15, 0.2) is 18.2 Å². The Morgan fingerprint density at radius 3 is 2.56 bits per heavy atom. The van der Waals surface area contributed by atoms with Gasteiger partial charge in [-0.3, -0.25) is 19.2 Å². The van der Waals surface area contributed by atoms with Crippen LogP contribution in [-0.4, -0.2) is 78.9 Å². The highest BCUT2D eigenvalue weighted by Crippen LogP contribution is 2.24. The number of amides is 5. The molecule has 36 heavy (non-hydrogen) atoms. The van der Waals surface area contributed by atoms with E-state index in [1.807, 2.05) is 6.92 Å². The van der Waals surface area contributed by atoms with Gasteiger partial charge in [0.05, 0.1) is 30.5 Å². The van der Waals surface area contributed by atoms with Crippen LogP contribution >= 0.6 is 11.6 Å². The second-order valence-electron chi connectivity index (χ2n) is 9.44. The molecule has 0 unspecified atom stereocenters. The number of morpholine rings is 1. The maximum Gasteiger partial charge on any atom is 0.322 e. The van der Waals surface area contributed by atoms with E-state index in [4.69, 9.17) is 16.3 Å². The van der Waals surface area contributed by atoms with Gasteiger partial charge in [-0.15, -0.1) is 0 Å². The second kappa shape index (κ2) is 11.3. The normalized spacial score (nSPS) is 22.4. The molecule has 2 saturated heterocycles. The Morgan fingerprint density at radius 2 is 1.92 bits per heavy atom. The standard InChI is InChI=1S/C24H30ClN5O6/c1-13-10-14(21(32)26-13)11-19(20(31)23(34)27-16-3-4-16)28-22(33)17-12-15(25)2-5-18(17)29-24(35)30-6-8-36-9-7-30/h2,5,12-14,16,19H,3-4,6-11H2,1H3,(H,26,32)(H,27,34)(H,28,33)(H,29,35)/t13-,14+,19+/m1/s1. The first-order valence-corrected chi connectivity index (χ1v) is 12.5. The lowest BCUT2D eigenvalue weighted by atomic mass is 9.93. The summed E-state index contributed by atoms with van der Waals surface area (Å²) in [5.74, 6) is -3.05. The van der Waals surface area contributed by atoms with Crippen LogP contribution in [0.2, 0.25) is 5.02 Å². The van der Waals surface area contributed by atoms with Crippen molar-refractivity contribution in [2.45, 2.75) is 50.7 Å². The number of carbonyl (C=O) groups excluding carboxylic acids is 5. The van der Waals surface area contributed by atoms with Gasteiger partial charge in [0.1, 0.15) is 0 Å². The predicted octanol–water partition coefficient (Wildman–Crippen LogP) is 1.06. The molecule has 3 aliphatic rings. The quantitative estimate of drug-likeness (QED) is 0.378. The Balaban J connectivity index is 1.52. The van der Waals surface area contributed by atoms with Crippen molar-refractivity contribution in [3.05, 3.63) is 28.8 Å². The zero-order chi connectivity index (χ0) is 25.8. The summed E-state index contributed by atoms with van der Waals surface area (Å²) in [7, 11) is 0. The van der Waals surface area contributed by atoms with Crippen molar-refractivity contribution in [2.24, 2.45) is 5.92 Å². The van der Waals surface area contributed by atoms with Crippen molar-refractivity contribution in [3.63, 3.8) is 0 Å². The van der Waals surface area contributed by atoms with Crippen LogP contribution < -0.4 is 21.3 Å². The second-order valence-corrected chi connectivity index (χ2v) is 9.87. The SMILES string of the molecule is C[C@@H]1C[C@@H](C[C@H](NC(=O)c2cc(Cl)ccc2NC(=O)N2CCOCC2)C(=O)C(=O)NC2CC2)C(=O)N1. The molecule has 3 fully saturated rings. The van der Waals surface area contributed by atoms with E-state index in [0.29, 0.717) is 32.7 Å².